The van der Waals surface area contributed by atoms with E-state index in [2.05, 4.69) is 11.8 Å². The van der Waals surface area contributed by atoms with Gasteiger partial charge in [0.15, 0.2) is 0 Å². The highest BCUT2D eigenvalue weighted by Gasteiger charge is 2.19. The molecule has 1 aromatic rings. The zero-order valence-electron chi connectivity index (χ0n) is 11.4. The van der Waals surface area contributed by atoms with Crippen LogP contribution in [-0.2, 0) is 11.2 Å². The highest BCUT2D eigenvalue weighted by molar-refractivity contribution is 5.76. The van der Waals surface area contributed by atoms with Crippen LogP contribution in [0.25, 0.3) is 0 Å². The summed E-state index contributed by atoms with van der Waals surface area (Å²) >= 11 is 0. The summed E-state index contributed by atoms with van der Waals surface area (Å²) in [5.74, 6) is -0.0224. The molecule has 1 aliphatic heterocycles. The molecular formula is C15H21FN2O. The number of halogens is 1. The van der Waals surface area contributed by atoms with Crippen molar-refractivity contribution < 1.29 is 9.18 Å². The molecular weight excluding hydrogens is 243 g/mol. The second kappa shape index (κ2) is 6.66. The fraction of sp³-hybridized carbons (Fsp3) is 0.533. The summed E-state index contributed by atoms with van der Waals surface area (Å²) in [6.45, 7) is 6.80. The molecule has 0 bridgehead atoms. The maximum atomic E-state index is 12.8. The van der Waals surface area contributed by atoms with Gasteiger partial charge in [0, 0.05) is 32.6 Å². The summed E-state index contributed by atoms with van der Waals surface area (Å²) in [6.07, 6.45) is 1.20. The lowest BCUT2D eigenvalue weighted by Gasteiger charge is -2.34. The molecule has 1 fully saturated rings. The predicted octanol–water partition coefficient (Wildman–Crippen LogP) is 1.92. The number of amides is 1. The summed E-state index contributed by atoms with van der Waals surface area (Å²) in [4.78, 5) is 16.4. The first-order chi connectivity index (χ1) is 9.19. The lowest BCUT2D eigenvalue weighted by molar-refractivity contribution is -0.132. The number of rotatable bonds is 4. The van der Waals surface area contributed by atoms with Crippen LogP contribution in [-0.4, -0.2) is 48.4 Å². The monoisotopic (exact) mass is 264 g/mol. The van der Waals surface area contributed by atoms with E-state index in [1.807, 2.05) is 4.90 Å². The molecule has 0 unspecified atom stereocenters. The number of carbonyl (C=O) groups excluding carboxylic acids is 1. The molecule has 1 heterocycles. The Balaban J connectivity index is 1.77. The van der Waals surface area contributed by atoms with Crippen molar-refractivity contribution in [2.75, 3.05) is 32.7 Å². The Bertz CT molecular complexity index is 411. The maximum absolute atomic E-state index is 12.8. The molecule has 0 atom stereocenters. The lowest BCUT2D eigenvalue weighted by Crippen LogP contribution is -2.48. The van der Waals surface area contributed by atoms with Gasteiger partial charge in [-0.25, -0.2) is 4.39 Å². The van der Waals surface area contributed by atoms with Gasteiger partial charge in [-0.3, -0.25) is 4.79 Å². The van der Waals surface area contributed by atoms with Crippen molar-refractivity contribution in [2.45, 2.75) is 19.8 Å². The first kappa shape index (κ1) is 14.0. The van der Waals surface area contributed by atoms with E-state index in [0.29, 0.717) is 12.8 Å². The Morgan fingerprint density at radius 2 is 1.79 bits per heavy atom. The van der Waals surface area contributed by atoms with Gasteiger partial charge in [0.25, 0.3) is 0 Å². The average molecular weight is 264 g/mol. The van der Waals surface area contributed by atoms with Crippen molar-refractivity contribution in [1.29, 1.82) is 0 Å². The number of aryl methyl sites for hydroxylation is 1. The molecule has 0 N–H and O–H groups in total. The number of carbonyl (C=O) groups is 1. The van der Waals surface area contributed by atoms with E-state index in [-0.39, 0.29) is 11.7 Å². The van der Waals surface area contributed by atoms with Crippen molar-refractivity contribution in [1.82, 2.24) is 9.80 Å². The van der Waals surface area contributed by atoms with Gasteiger partial charge in [0.2, 0.25) is 5.91 Å². The molecule has 0 radical (unpaired) electrons. The van der Waals surface area contributed by atoms with E-state index in [9.17, 15) is 9.18 Å². The van der Waals surface area contributed by atoms with Gasteiger partial charge in [-0.15, -0.1) is 0 Å². The lowest BCUT2D eigenvalue weighted by atomic mass is 10.1. The minimum atomic E-state index is -0.231. The van der Waals surface area contributed by atoms with E-state index in [1.54, 1.807) is 12.1 Å². The Hall–Kier alpha value is -1.42. The first-order valence-electron chi connectivity index (χ1n) is 6.93. The number of benzene rings is 1. The van der Waals surface area contributed by atoms with Gasteiger partial charge in [-0.05, 0) is 30.7 Å². The van der Waals surface area contributed by atoms with Crippen molar-refractivity contribution in [2.24, 2.45) is 0 Å². The van der Waals surface area contributed by atoms with Gasteiger partial charge < -0.3 is 9.80 Å². The smallest absolute Gasteiger partial charge is 0.222 e. The Morgan fingerprint density at radius 3 is 2.37 bits per heavy atom. The number of piperazine rings is 1. The molecule has 3 nitrogen and oxygen atoms in total. The van der Waals surface area contributed by atoms with Crippen molar-refractivity contribution in [3.63, 3.8) is 0 Å². The van der Waals surface area contributed by atoms with Crippen LogP contribution < -0.4 is 0 Å². The summed E-state index contributed by atoms with van der Waals surface area (Å²) < 4.78 is 12.8. The van der Waals surface area contributed by atoms with Gasteiger partial charge in [0.05, 0.1) is 0 Å². The third-order valence-corrected chi connectivity index (χ3v) is 3.71. The number of hydrogen-bond acceptors (Lipinski definition) is 2. The highest BCUT2D eigenvalue weighted by Crippen LogP contribution is 2.09. The van der Waals surface area contributed by atoms with Crippen LogP contribution in [0.3, 0.4) is 0 Å². The molecule has 2 rings (SSSR count). The number of hydrogen-bond donors (Lipinski definition) is 0. The second-order valence-electron chi connectivity index (χ2n) is 4.94. The molecule has 0 spiro atoms. The van der Waals surface area contributed by atoms with Gasteiger partial charge in [-0.1, -0.05) is 19.1 Å². The van der Waals surface area contributed by atoms with Crippen LogP contribution in [0.5, 0.6) is 0 Å². The van der Waals surface area contributed by atoms with Crippen LogP contribution in [0.4, 0.5) is 4.39 Å². The minimum absolute atomic E-state index is 0.208. The Morgan fingerprint density at radius 1 is 1.16 bits per heavy atom. The van der Waals surface area contributed by atoms with Gasteiger partial charge >= 0.3 is 0 Å². The normalized spacial score (nSPS) is 16.6. The van der Waals surface area contributed by atoms with E-state index < -0.39 is 0 Å². The van der Waals surface area contributed by atoms with Crippen LogP contribution in [0.2, 0.25) is 0 Å². The van der Waals surface area contributed by atoms with Gasteiger partial charge in [0.1, 0.15) is 5.82 Å². The summed E-state index contributed by atoms with van der Waals surface area (Å²) in [6, 6.07) is 6.38. The summed E-state index contributed by atoms with van der Waals surface area (Å²) in [5, 5.41) is 0. The summed E-state index contributed by atoms with van der Waals surface area (Å²) in [5.41, 5.74) is 1.02. The van der Waals surface area contributed by atoms with E-state index >= 15 is 0 Å². The third-order valence-electron chi connectivity index (χ3n) is 3.71. The van der Waals surface area contributed by atoms with Crippen LogP contribution in [0.15, 0.2) is 24.3 Å². The Labute approximate surface area is 114 Å². The quantitative estimate of drug-likeness (QED) is 0.829. The van der Waals surface area contributed by atoms with E-state index in [0.717, 1.165) is 38.3 Å². The van der Waals surface area contributed by atoms with Crippen molar-refractivity contribution in [3.05, 3.63) is 35.6 Å². The summed E-state index contributed by atoms with van der Waals surface area (Å²) in [7, 11) is 0. The number of nitrogens with zero attached hydrogens (tertiary/aromatic N) is 2. The van der Waals surface area contributed by atoms with Crippen molar-refractivity contribution in [3.8, 4) is 0 Å². The van der Waals surface area contributed by atoms with E-state index in [1.165, 1.54) is 12.1 Å². The fourth-order valence-corrected chi connectivity index (χ4v) is 2.37. The number of likely N-dealkylation sites (N-methyl/N-ethyl adjacent to an activating group) is 1. The van der Waals surface area contributed by atoms with Gasteiger partial charge in [-0.2, -0.15) is 0 Å². The molecule has 19 heavy (non-hydrogen) atoms. The largest absolute Gasteiger partial charge is 0.340 e. The predicted molar refractivity (Wildman–Crippen MR) is 73.4 cm³/mol. The second-order valence-corrected chi connectivity index (χ2v) is 4.94. The van der Waals surface area contributed by atoms with Crippen molar-refractivity contribution >= 4 is 5.91 Å². The zero-order chi connectivity index (χ0) is 13.7. The molecule has 1 aliphatic rings. The average Bonchev–Trinajstić information content (AvgIpc) is 2.46. The zero-order valence-corrected chi connectivity index (χ0v) is 11.4. The maximum Gasteiger partial charge on any atom is 0.222 e. The molecule has 0 aromatic heterocycles. The molecule has 1 saturated heterocycles. The van der Waals surface area contributed by atoms with Crippen LogP contribution >= 0.6 is 0 Å². The molecule has 0 saturated carbocycles. The Kier molecular flexibility index (Phi) is 4.91. The van der Waals surface area contributed by atoms with E-state index in [4.69, 9.17) is 0 Å². The molecule has 104 valence electrons. The highest BCUT2D eigenvalue weighted by atomic mass is 19.1. The topological polar surface area (TPSA) is 23.6 Å². The molecule has 1 amide bonds. The standard InChI is InChI=1S/C15H21FN2O/c1-2-17-9-11-18(12-10-17)15(19)8-5-13-3-6-14(16)7-4-13/h3-4,6-7H,2,5,8-12H2,1H3. The van der Waals surface area contributed by atoms with Crippen LogP contribution in [0.1, 0.15) is 18.9 Å². The van der Waals surface area contributed by atoms with Crippen LogP contribution in [0, 0.1) is 5.82 Å². The molecule has 4 heteroatoms. The third kappa shape index (κ3) is 4.03. The minimum Gasteiger partial charge on any atom is -0.340 e. The fourth-order valence-electron chi connectivity index (χ4n) is 2.37. The molecule has 0 aliphatic carbocycles. The molecule has 1 aromatic carbocycles. The first-order valence-corrected chi connectivity index (χ1v) is 6.93. The SMILES string of the molecule is CCN1CCN(C(=O)CCc2ccc(F)cc2)CC1.